The van der Waals surface area contributed by atoms with E-state index in [1.807, 2.05) is 0 Å². The Morgan fingerprint density at radius 3 is 1.02 bits per heavy atom. The monoisotopic (exact) mass is 1280 g/mol. The highest BCUT2D eigenvalue weighted by atomic mass is 31.2. The third-order valence-electron chi connectivity index (χ3n) is 15.4. The number of carbonyl (C=O) groups excluding carboxylic acids is 4. The molecule has 0 aromatic rings. The van der Waals surface area contributed by atoms with Gasteiger partial charge in [0, 0.05) is 25.7 Å². The summed E-state index contributed by atoms with van der Waals surface area (Å²) in [6.45, 7) is 11.6. The molecule has 17 nitrogen and oxygen atoms in total. The summed E-state index contributed by atoms with van der Waals surface area (Å²) < 4.78 is 68.1. The van der Waals surface area contributed by atoms with Crippen molar-refractivity contribution in [3.8, 4) is 0 Å². The maximum absolute atomic E-state index is 13.0. The maximum Gasteiger partial charge on any atom is 0.472 e. The number of aliphatic hydroxyl groups excluding tert-OH is 1. The van der Waals surface area contributed by atoms with E-state index < -0.39 is 97.5 Å². The fraction of sp³-hybridized carbons (Fsp3) is 0.882. The lowest BCUT2D eigenvalue weighted by molar-refractivity contribution is -0.161. The summed E-state index contributed by atoms with van der Waals surface area (Å²) in [6.07, 6.45) is 44.0. The Hall–Kier alpha value is -2.46. The van der Waals surface area contributed by atoms with Crippen molar-refractivity contribution in [2.75, 3.05) is 39.6 Å². The van der Waals surface area contributed by atoms with E-state index in [1.54, 1.807) is 0 Å². The number of phosphoric ester groups is 2. The van der Waals surface area contributed by atoms with Gasteiger partial charge in [0.2, 0.25) is 0 Å². The summed E-state index contributed by atoms with van der Waals surface area (Å²) in [6, 6.07) is 0. The number of esters is 4. The van der Waals surface area contributed by atoms with Crippen molar-refractivity contribution >= 4 is 39.5 Å². The van der Waals surface area contributed by atoms with Gasteiger partial charge in [0.05, 0.1) is 26.4 Å². The second-order valence-corrected chi connectivity index (χ2v) is 28.0. The van der Waals surface area contributed by atoms with Crippen LogP contribution in [0.4, 0.5) is 0 Å². The lowest BCUT2D eigenvalue weighted by Crippen LogP contribution is -2.30. The van der Waals surface area contributed by atoms with Gasteiger partial charge in [-0.3, -0.25) is 37.3 Å². The predicted molar refractivity (Wildman–Crippen MR) is 349 cm³/mol. The maximum atomic E-state index is 13.0. The molecule has 0 saturated carbocycles. The van der Waals surface area contributed by atoms with Gasteiger partial charge < -0.3 is 33.8 Å². The summed E-state index contributed by atoms with van der Waals surface area (Å²) in [5.74, 6) is 0.00465. The number of aliphatic hydroxyl groups is 1. The van der Waals surface area contributed by atoms with Crippen LogP contribution in [0.1, 0.15) is 312 Å². The number of hydrogen-bond donors (Lipinski definition) is 3. The highest BCUT2D eigenvalue weighted by Gasteiger charge is 2.30. The normalized spacial score (nSPS) is 14.8. The molecule has 0 amide bonds. The van der Waals surface area contributed by atoms with Crippen LogP contribution in [0.5, 0.6) is 0 Å². The second kappa shape index (κ2) is 58.6. The molecule has 0 rings (SSSR count). The first-order valence-corrected chi connectivity index (χ1v) is 37.7. The standard InChI is InChI=1S/C68H128O17P2/c1-8-10-11-12-13-14-15-16-17-18-19-20-28-37-44-51-67(72)84-63(55-78-65(70)49-42-35-27-24-22-26-34-41-48-61(7)9-2)57-82-86(74,75)80-53-62(69)54-81-87(76,77)83-58-64(56-79-66(71)50-43-36-31-30-33-40-47-60(5)6)85-68(73)52-45-38-29-23-21-25-32-39-46-59(3)4/h14-17,59-64,69H,8-13,18-58H2,1-7H3,(H,74,75)(H,76,77)/b15-14-,17-16-/t61?,62-,63-,64-/m1/s1. The molecule has 3 N–H and O–H groups in total. The molecule has 0 bridgehead atoms. The molecule has 6 atom stereocenters. The van der Waals surface area contributed by atoms with Crippen LogP contribution in [0, 0.1) is 17.8 Å². The van der Waals surface area contributed by atoms with Gasteiger partial charge in [-0.15, -0.1) is 0 Å². The second-order valence-electron chi connectivity index (χ2n) is 25.1. The largest absolute Gasteiger partial charge is 0.472 e. The van der Waals surface area contributed by atoms with Crippen LogP contribution in [0.3, 0.4) is 0 Å². The topological polar surface area (TPSA) is 237 Å². The van der Waals surface area contributed by atoms with Gasteiger partial charge in [0.1, 0.15) is 19.3 Å². The first kappa shape index (κ1) is 84.5. The van der Waals surface area contributed by atoms with Crippen LogP contribution >= 0.6 is 15.6 Å². The summed E-state index contributed by atoms with van der Waals surface area (Å²) >= 11 is 0. The number of hydrogen-bond acceptors (Lipinski definition) is 15. The molecule has 0 aromatic heterocycles. The van der Waals surface area contributed by atoms with E-state index in [0.29, 0.717) is 37.5 Å². The molecule has 0 aliphatic rings. The summed E-state index contributed by atoms with van der Waals surface area (Å²) in [7, 11) is -9.91. The highest BCUT2D eigenvalue weighted by molar-refractivity contribution is 7.47. The Labute approximate surface area is 529 Å². The third kappa shape index (κ3) is 60.9. The zero-order valence-corrected chi connectivity index (χ0v) is 57.7. The Bertz CT molecular complexity index is 1810. The molecule has 87 heavy (non-hydrogen) atoms. The van der Waals surface area contributed by atoms with E-state index >= 15 is 0 Å². The Morgan fingerprint density at radius 2 is 0.678 bits per heavy atom. The number of unbranched alkanes of at least 4 members (excludes halogenated alkanes) is 28. The SMILES string of the molecule is CCCCCC/C=C\C=C/CCCCCCCC(=O)O[C@H](COC(=O)CCCCCCCCCCC(C)CC)COP(=O)(O)OC[C@@H](O)COP(=O)(O)OC[C@@H](COC(=O)CCCCCCCCC(C)C)OC(=O)CCCCCCCCCCC(C)C. The molecular weight excluding hydrogens is 1150 g/mol. The van der Waals surface area contributed by atoms with Crippen LogP contribution in [0.15, 0.2) is 24.3 Å². The predicted octanol–water partition coefficient (Wildman–Crippen LogP) is 18.6. The molecule has 0 saturated heterocycles. The number of rotatable bonds is 64. The minimum atomic E-state index is -4.96. The van der Waals surface area contributed by atoms with Crippen LogP contribution in [-0.4, -0.2) is 96.7 Å². The zero-order chi connectivity index (χ0) is 64.5. The van der Waals surface area contributed by atoms with Crippen LogP contribution in [0.2, 0.25) is 0 Å². The van der Waals surface area contributed by atoms with E-state index in [9.17, 15) is 43.2 Å². The molecule has 19 heteroatoms. The summed E-state index contributed by atoms with van der Waals surface area (Å²) in [5, 5.41) is 10.6. The summed E-state index contributed by atoms with van der Waals surface area (Å²) in [5.41, 5.74) is 0. The minimum absolute atomic E-state index is 0.0838. The average molecular weight is 1280 g/mol. The average Bonchev–Trinajstić information content (AvgIpc) is 3.66. The van der Waals surface area contributed by atoms with Gasteiger partial charge in [0.15, 0.2) is 12.2 Å². The number of carbonyl (C=O) groups is 4. The van der Waals surface area contributed by atoms with Gasteiger partial charge in [-0.05, 0) is 69.1 Å². The lowest BCUT2D eigenvalue weighted by Gasteiger charge is -2.21. The molecule has 512 valence electrons. The van der Waals surface area contributed by atoms with E-state index in [4.69, 9.17) is 37.0 Å². The van der Waals surface area contributed by atoms with E-state index in [0.717, 1.165) is 115 Å². The van der Waals surface area contributed by atoms with Gasteiger partial charge in [0.25, 0.3) is 0 Å². The van der Waals surface area contributed by atoms with Gasteiger partial charge in [-0.2, -0.15) is 0 Å². The fourth-order valence-electron chi connectivity index (χ4n) is 9.61. The Balaban J connectivity index is 5.29. The van der Waals surface area contributed by atoms with Crippen LogP contribution in [-0.2, 0) is 65.4 Å². The van der Waals surface area contributed by atoms with Crippen molar-refractivity contribution < 1.29 is 80.2 Å². The van der Waals surface area contributed by atoms with Gasteiger partial charge >= 0.3 is 39.5 Å². The van der Waals surface area contributed by atoms with Crippen LogP contribution in [0.25, 0.3) is 0 Å². The Kier molecular flexibility index (Phi) is 57.0. The molecule has 0 aromatic carbocycles. The number of phosphoric acid groups is 2. The van der Waals surface area contributed by atoms with E-state index in [-0.39, 0.29) is 25.7 Å². The third-order valence-corrected chi connectivity index (χ3v) is 17.3. The molecular formula is C68H128O17P2. The number of ether oxygens (including phenoxy) is 4. The summed E-state index contributed by atoms with van der Waals surface area (Å²) in [4.78, 5) is 72.4. The molecule has 0 aliphatic carbocycles. The van der Waals surface area contributed by atoms with Crippen molar-refractivity contribution in [2.24, 2.45) is 17.8 Å². The van der Waals surface area contributed by atoms with Crippen molar-refractivity contribution in [1.29, 1.82) is 0 Å². The first-order valence-electron chi connectivity index (χ1n) is 34.7. The zero-order valence-electron chi connectivity index (χ0n) is 56.0. The van der Waals surface area contributed by atoms with Gasteiger partial charge in [-0.1, -0.05) is 259 Å². The quantitative estimate of drug-likeness (QED) is 0.0169. The lowest BCUT2D eigenvalue weighted by atomic mass is 9.99. The van der Waals surface area contributed by atoms with E-state index in [1.165, 1.54) is 103 Å². The van der Waals surface area contributed by atoms with Crippen molar-refractivity contribution in [1.82, 2.24) is 0 Å². The smallest absolute Gasteiger partial charge is 0.462 e. The Morgan fingerprint density at radius 1 is 0.379 bits per heavy atom. The molecule has 0 spiro atoms. The molecule has 0 radical (unpaired) electrons. The van der Waals surface area contributed by atoms with E-state index in [2.05, 4.69) is 72.8 Å². The molecule has 0 heterocycles. The fourth-order valence-corrected chi connectivity index (χ4v) is 11.2. The first-order chi connectivity index (χ1) is 41.8. The van der Waals surface area contributed by atoms with Gasteiger partial charge in [-0.25, -0.2) is 9.13 Å². The molecule has 3 unspecified atom stereocenters. The van der Waals surface area contributed by atoms with Crippen molar-refractivity contribution in [3.05, 3.63) is 24.3 Å². The molecule has 0 aliphatic heterocycles. The minimum Gasteiger partial charge on any atom is -0.462 e. The molecule has 0 fully saturated rings. The van der Waals surface area contributed by atoms with Crippen molar-refractivity contribution in [2.45, 2.75) is 330 Å². The van der Waals surface area contributed by atoms with Crippen LogP contribution < -0.4 is 0 Å². The number of allylic oxidation sites excluding steroid dienone is 4. The highest BCUT2D eigenvalue weighted by Crippen LogP contribution is 2.45. The van der Waals surface area contributed by atoms with Crippen molar-refractivity contribution in [3.63, 3.8) is 0 Å².